The second-order valence-electron chi connectivity index (χ2n) is 5.24. The second kappa shape index (κ2) is 6.01. The SMILES string of the molecule is COc1ccc([C@@H]2CCCN2C(=O)c2ccc(=O)[nH]n2)cc1. The standard InChI is InChI=1S/C16H17N3O3/c1-22-12-6-4-11(5-7-12)14-3-2-10-19(14)16(21)13-8-9-15(20)18-17-13/h4-9,14H,2-3,10H2,1H3,(H,18,20)/t14-/m0/s1. The van der Waals surface area contributed by atoms with Crippen LogP contribution in [-0.4, -0.2) is 34.7 Å². The summed E-state index contributed by atoms with van der Waals surface area (Å²) in [6.45, 7) is 0.691. The Kier molecular flexibility index (Phi) is 3.91. The fourth-order valence-electron chi connectivity index (χ4n) is 2.79. The number of carbonyl (C=O) groups is 1. The van der Waals surface area contributed by atoms with E-state index >= 15 is 0 Å². The van der Waals surface area contributed by atoms with Crippen molar-refractivity contribution in [2.75, 3.05) is 13.7 Å². The Bertz CT molecular complexity index is 704. The number of carbonyl (C=O) groups excluding carboxylic acids is 1. The number of amides is 1. The Balaban J connectivity index is 1.84. The third-order valence-corrected chi connectivity index (χ3v) is 3.91. The van der Waals surface area contributed by atoms with Crippen molar-refractivity contribution in [2.45, 2.75) is 18.9 Å². The van der Waals surface area contributed by atoms with Crippen LogP contribution in [0, 0.1) is 0 Å². The van der Waals surface area contributed by atoms with Crippen molar-refractivity contribution in [2.24, 2.45) is 0 Å². The molecule has 0 spiro atoms. The second-order valence-corrected chi connectivity index (χ2v) is 5.24. The van der Waals surface area contributed by atoms with Gasteiger partial charge < -0.3 is 9.64 Å². The molecule has 114 valence electrons. The fraction of sp³-hybridized carbons (Fsp3) is 0.312. The van der Waals surface area contributed by atoms with Gasteiger partial charge in [-0.25, -0.2) is 5.10 Å². The first-order valence-electron chi connectivity index (χ1n) is 7.19. The molecule has 0 aliphatic carbocycles. The van der Waals surface area contributed by atoms with Crippen LogP contribution in [-0.2, 0) is 0 Å². The molecule has 2 heterocycles. The minimum absolute atomic E-state index is 0.0344. The number of hydrogen-bond acceptors (Lipinski definition) is 4. The van der Waals surface area contributed by atoms with Crippen molar-refractivity contribution in [1.82, 2.24) is 15.1 Å². The van der Waals surface area contributed by atoms with Crippen LogP contribution in [0.3, 0.4) is 0 Å². The van der Waals surface area contributed by atoms with Gasteiger partial charge in [0.15, 0.2) is 0 Å². The Morgan fingerprint density at radius 3 is 2.68 bits per heavy atom. The van der Waals surface area contributed by atoms with Crippen molar-refractivity contribution in [3.63, 3.8) is 0 Å². The fourth-order valence-corrected chi connectivity index (χ4v) is 2.79. The summed E-state index contributed by atoms with van der Waals surface area (Å²) in [6.07, 6.45) is 1.87. The minimum Gasteiger partial charge on any atom is -0.497 e. The zero-order valence-electron chi connectivity index (χ0n) is 12.3. The van der Waals surface area contributed by atoms with E-state index in [9.17, 15) is 9.59 Å². The van der Waals surface area contributed by atoms with E-state index in [0.717, 1.165) is 24.2 Å². The van der Waals surface area contributed by atoms with Gasteiger partial charge in [-0.1, -0.05) is 12.1 Å². The maximum absolute atomic E-state index is 12.6. The third-order valence-electron chi connectivity index (χ3n) is 3.91. The number of rotatable bonds is 3. The number of methoxy groups -OCH3 is 1. The number of ether oxygens (including phenoxy) is 1. The maximum Gasteiger partial charge on any atom is 0.274 e. The van der Waals surface area contributed by atoms with E-state index < -0.39 is 0 Å². The average Bonchev–Trinajstić information content (AvgIpc) is 3.04. The summed E-state index contributed by atoms with van der Waals surface area (Å²) >= 11 is 0. The Labute approximate surface area is 127 Å². The van der Waals surface area contributed by atoms with Crippen LogP contribution in [0.1, 0.15) is 34.9 Å². The van der Waals surface area contributed by atoms with Crippen molar-refractivity contribution in [3.05, 3.63) is 58.0 Å². The summed E-state index contributed by atoms with van der Waals surface area (Å²) in [6, 6.07) is 10.6. The summed E-state index contributed by atoms with van der Waals surface area (Å²) in [5.74, 6) is 0.636. The molecule has 22 heavy (non-hydrogen) atoms. The highest BCUT2D eigenvalue weighted by Gasteiger charge is 2.31. The topological polar surface area (TPSA) is 75.3 Å². The summed E-state index contributed by atoms with van der Waals surface area (Å²) < 4.78 is 5.16. The molecule has 6 nitrogen and oxygen atoms in total. The summed E-state index contributed by atoms with van der Waals surface area (Å²) in [5, 5.41) is 6.13. The van der Waals surface area contributed by atoms with Crippen LogP contribution in [0.25, 0.3) is 0 Å². The molecule has 1 amide bonds. The number of aromatic amines is 1. The zero-order chi connectivity index (χ0) is 15.5. The van der Waals surface area contributed by atoms with Crippen LogP contribution < -0.4 is 10.3 Å². The van der Waals surface area contributed by atoms with Gasteiger partial charge >= 0.3 is 0 Å². The number of hydrogen-bond donors (Lipinski definition) is 1. The lowest BCUT2D eigenvalue weighted by molar-refractivity contribution is 0.0728. The van der Waals surface area contributed by atoms with Gasteiger partial charge in [0.05, 0.1) is 13.2 Å². The highest BCUT2D eigenvalue weighted by atomic mass is 16.5. The minimum atomic E-state index is -0.315. The maximum atomic E-state index is 12.6. The zero-order valence-corrected chi connectivity index (χ0v) is 12.3. The number of likely N-dealkylation sites (tertiary alicyclic amines) is 1. The molecule has 1 aliphatic rings. The van der Waals surface area contributed by atoms with Crippen LogP contribution in [0.5, 0.6) is 5.75 Å². The van der Waals surface area contributed by atoms with Gasteiger partial charge in [0, 0.05) is 12.6 Å². The normalized spacial score (nSPS) is 17.5. The first kappa shape index (κ1) is 14.3. The molecule has 1 aromatic carbocycles. The van der Waals surface area contributed by atoms with E-state index in [1.807, 2.05) is 29.2 Å². The Morgan fingerprint density at radius 1 is 1.27 bits per heavy atom. The average molecular weight is 299 g/mol. The molecule has 1 aliphatic heterocycles. The molecule has 3 rings (SSSR count). The molecule has 0 radical (unpaired) electrons. The first-order valence-corrected chi connectivity index (χ1v) is 7.19. The van der Waals surface area contributed by atoms with E-state index in [1.54, 1.807) is 7.11 Å². The molecule has 1 fully saturated rings. The molecule has 6 heteroatoms. The lowest BCUT2D eigenvalue weighted by atomic mass is 10.0. The highest BCUT2D eigenvalue weighted by molar-refractivity contribution is 5.92. The summed E-state index contributed by atoms with van der Waals surface area (Å²) in [5.41, 5.74) is 1.03. The summed E-state index contributed by atoms with van der Waals surface area (Å²) in [4.78, 5) is 25.4. The van der Waals surface area contributed by atoms with Crippen molar-refractivity contribution in [1.29, 1.82) is 0 Å². The molecule has 1 aromatic heterocycles. The van der Waals surface area contributed by atoms with Gasteiger partial charge in [-0.15, -0.1) is 0 Å². The molecular formula is C16H17N3O3. The molecule has 0 saturated carbocycles. The monoisotopic (exact) mass is 299 g/mol. The number of benzene rings is 1. The van der Waals surface area contributed by atoms with Gasteiger partial charge in [-0.05, 0) is 36.6 Å². The van der Waals surface area contributed by atoms with Crippen LogP contribution in [0.4, 0.5) is 0 Å². The van der Waals surface area contributed by atoms with E-state index in [1.165, 1.54) is 12.1 Å². The lowest BCUT2D eigenvalue weighted by Gasteiger charge is -2.24. The first-order chi connectivity index (χ1) is 10.7. The number of aromatic nitrogens is 2. The predicted octanol–water partition coefficient (Wildman–Crippen LogP) is 1.76. The van der Waals surface area contributed by atoms with Gasteiger partial charge in [0.2, 0.25) is 0 Å². The number of nitrogens with one attached hydrogen (secondary N) is 1. The highest BCUT2D eigenvalue weighted by Crippen LogP contribution is 2.33. The molecule has 1 N–H and O–H groups in total. The van der Waals surface area contributed by atoms with Gasteiger partial charge in [-0.2, -0.15) is 5.10 Å². The van der Waals surface area contributed by atoms with Crippen LogP contribution >= 0.6 is 0 Å². The number of nitrogens with zero attached hydrogens (tertiary/aromatic N) is 2. The molecule has 0 bridgehead atoms. The van der Waals surface area contributed by atoms with Gasteiger partial charge in [-0.3, -0.25) is 9.59 Å². The molecular weight excluding hydrogens is 282 g/mol. The van der Waals surface area contributed by atoms with Crippen molar-refractivity contribution in [3.8, 4) is 5.75 Å². The molecule has 1 atom stereocenters. The molecule has 0 unspecified atom stereocenters. The third kappa shape index (κ3) is 2.72. The summed E-state index contributed by atoms with van der Waals surface area (Å²) in [7, 11) is 1.63. The van der Waals surface area contributed by atoms with E-state index in [-0.39, 0.29) is 23.2 Å². The molecule has 2 aromatic rings. The number of H-pyrrole nitrogens is 1. The van der Waals surface area contributed by atoms with Crippen LogP contribution in [0.15, 0.2) is 41.2 Å². The quantitative estimate of drug-likeness (QED) is 0.937. The van der Waals surface area contributed by atoms with E-state index in [4.69, 9.17) is 4.74 Å². The van der Waals surface area contributed by atoms with E-state index in [0.29, 0.717) is 6.54 Å². The largest absolute Gasteiger partial charge is 0.497 e. The van der Waals surface area contributed by atoms with Crippen molar-refractivity contribution >= 4 is 5.91 Å². The Hall–Kier alpha value is -2.63. The lowest BCUT2D eigenvalue weighted by Crippen LogP contribution is -2.31. The predicted molar refractivity (Wildman–Crippen MR) is 80.9 cm³/mol. The van der Waals surface area contributed by atoms with E-state index in [2.05, 4.69) is 10.2 Å². The Morgan fingerprint density at radius 2 is 2.05 bits per heavy atom. The molecule has 1 saturated heterocycles. The van der Waals surface area contributed by atoms with Crippen molar-refractivity contribution < 1.29 is 9.53 Å². The smallest absolute Gasteiger partial charge is 0.274 e. The van der Waals surface area contributed by atoms with Crippen LogP contribution in [0.2, 0.25) is 0 Å². The van der Waals surface area contributed by atoms with Gasteiger partial charge in [0.1, 0.15) is 11.4 Å². The van der Waals surface area contributed by atoms with Gasteiger partial charge in [0.25, 0.3) is 11.5 Å².